The van der Waals surface area contributed by atoms with Crippen LogP contribution in [0.3, 0.4) is 0 Å². The second-order valence-corrected chi connectivity index (χ2v) is 3.62. The summed E-state index contributed by atoms with van der Waals surface area (Å²) >= 11 is 0. The zero-order chi connectivity index (χ0) is 11.5. The highest BCUT2D eigenvalue weighted by Crippen LogP contribution is 2.15. The van der Waals surface area contributed by atoms with Gasteiger partial charge in [0.05, 0.1) is 6.10 Å². The number of hydrogen-bond acceptors (Lipinski definition) is 6. The Kier molecular flexibility index (Phi) is 2.86. The SMILES string of the molecule is N/C(=N/O)c1ccnc(N2CCC(O)C2)n1. The number of rotatable bonds is 2. The molecule has 0 aromatic carbocycles. The molecule has 0 spiro atoms. The zero-order valence-electron chi connectivity index (χ0n) is 8.61. The molecule has 7 heteroatoms. The molecular weight excluding hydrogens is 210 g/mol. The second kappa shape index (κ2) is 4.31. The largest absolute Gasteiger partial charge is 0.409 e. The van der Waals surface area contributed by atoms with E-state index in [0.717, 1.165) is 0 Å². The van der Waals surface area contributed by atoms with Crippen LogP contribution in [0.5, 0.6) is 0 Å². The summed E-state index contributed by atoms with van der Waals surface area (Å²) < 4.78 is 0. The molecule has 0 bridgehead atoms. The quantitative estimate of drug-likeness (QED) is 0.261. The van der Waals surface area contributed by atoms with Crippen molar-refractivity contribution in [1.82, 2.24) is 9.97 Å². The van der Waals surface area contributed by atoms with E-state index in [1.807, 2.05) is 4.90 Å². The van der Waals surface area contributed by atoms with Gasteiger partial charge in [0, 0.05) is 19.3 Å². The van der Waals surface area contributed by atoms with Crippen molar-refractivity contribution in [3.8, 4) is 0 Å². The molecule has 2 rings (SSSR count). The summed E-state index contributed by atoms with van der Waals surface area (Å²) in [7, 11) is 0. The van der Waals surface area contributed by atoms with E-state index in [2.05, 4.69) is 15.1 Å². The second-order valence-electron chi connectivity index (χ2n) is 3.62. The lowest BCUT2D eigenvalue weighted by Gasteiger charge is -2.15. The highest BCUT2D eigenvalue weighted by molar-refractivity contribution is 5.95. The van der Waals surface area contributed by atoms with Crippen LogP contribution in [0.15, 0.2) is 17.4 Å². The van der Waals surface area contributed by atoms with Gasteiger partial charge in [0.25, 0.3) is 0 Å². The van der Waals surface area contributed by atoms with Crippen LogP contribution in [0.1, 0.15) is 12.1 Å². The molecule has 1 saturated heterocycles. The van der Waals surface area contributed by atoms with Crippen molar-refractivity contribution in [2.45, 2.75) is 12.5 Å². The maximum atomic E-state index is 9.40. The Balaban J connectivity index is 2.22. The number of oxime groups is 1. The number of hydrogen-bond donors (Lipinski definition) is 3. The maximum absolute atomic E-state index is 9.40. The van der Waals surface area contributed by atoms with Crippen molar-refractivity contribution in [3.05, 3.63) is 18.0 Å². The highest BCUT2D eigenvalue weighted by Gasteiger charge is 2.22. The van der Waals surface area contributed by atoms with E-state index in [4.69, 9.17) is 10.9 Å². The van der Waals surface area contributed by atoms with Gasteiger partial charge in [0.2, 0.25) is 5.95 Å². The van der Waals surface area contributed by atoms with Crippen molar-refractivity contribution < 1.29 is 10.3 Å². The van der Waals surface area contributed by atoms with Crippen LogP contribution in [-0.2, 0) is 0 Å². The average Bonchev–Trinajstić information content (AvgIpc) is 2.75. The van der Waals surface area contributed by atoms with Gasteiger partial charge in [0.15, 0.2) is 5.84 Å². The lowest BCUT2D eigenvalue weighted by molar-refractivity contribution is 0.198. The van der Waals surface area contributed by atoms with Crippen molar-refractivity contribution in [2.75, 3.05) is 18.0 Å². The Hall–Kier alpha value is -1.89. The molecule has 1 atom stereocenters. The van der Waals surface area contributed by atoms with Gasteiger partial charge >= 0.3 is 0 Å². The number of β-amino-alcohol motifs (C(OH)–C–C–N with tert-alkyl or cyclic N) is 1. The number of amidine groups is 1. The number of nitrogens with zero attached hydrogens (tertiary/aromatic N) is 4. The molecular formula is C9H13N5O2. The zero-order valence-corrected chi connectivity index (χ0v) is 8.61. The molecule has 1 aliphatic heterocycles. The molecule has 1 aliphatic rings. The van der Waals surface area contributed by atoms with E-state index < -0.39 is 0 Å². The molecule has 1 aromatic rings. The van der Waals surface area contributed by atoms with E-state index in [1.54, 1.807) is 12.3 Å². The summed E-state index contributed by atoms with van der Waals surface area (Å²) in [6, 6.07) is 1.56. The number of aliphatic hydroxyl groups is 1. The van der Waals surface area contributed by atoms with E-state index in [-0.39, 0.29) is 11.9 Å². The summed E-state index contributed by atoms with van der Waals surface area (Å²) in [5.41, 5.74) is 5.80. The smallest absolute Gasteiger partial charge is 0.226 e. The fourth-order valence-corrected chi connectivity index (χ4v) is 1.62. The number of aromatic nitrogens is 2. The van der Waals surface area contributed by atoms with Crippen LogP contribution in [-0.4, -0.2) is 45.3 Å². The first kappa shape index (κ1) is 10.6. The van der Waals surface area contributed by atoms with Crippen LogP contribution in [0.2, 0.25) is 0 Å². The molecule has 16 heavy (non-hydrogen) atoms. The third-order valence-electron chi connectivity index (χ3n) is 2.46. The van der Waals surface area contributed by atoms with Crippen LogP contribution < -0.4 is 10.6 Å². The van der Waals surface area contributed by atoms with E-state index in [9.17, 15) is 5.11 Å². The summed E-state index contributed by atoms with van der Waals surface area (Å²) in [5, 5.41) is 20.8. The lowest BCUT2D eigenvalue weighted by Crippen LogP contribution is -2.25. The van der Waals surface area contributed by atoms with Crippen molar-refractivity contribution in [3.63, 3.8) is 0 Å². The molecule has 4 N–H and O–H groups in total. The van der Waals surface area contributed by atoms with Gasteiger partial charge in [-0.3, -0.25) is 0 Å². The molecule has 0 radical (unpaired) electrons. The van der Waals surface area contributed by atoms with Crippen molar-refractivity contribution >= 4 is 11.8 Å². The molecule has 1 unspecified atom stereocenters. The molecule has 0 amide bonds. The van der Waals surface area contributed by atoms with Gasteiger partial charge in [0.1, 0.15) is 5.69 Å². The maximum Gasteiger partial charge on any atom is 0.226 e. The van der Waals surface area contributed by atoms with Gasteiger partial charge in [-0.15, -0.1) is 0 Å². The van der Waals surface area contributed by atoms with Crippen LogP contribution in [0, 0.1) is 0 Å². The number of aliphatic hydroxyl groups excluding tert-OH is 1. The number of nitrogens with two attached hydrogens (primary N) is 1. The fourth-order valence-electron chi connectivity index (χ4n) is 1.62. The predicted molar refractivity (Wildman–Crippen MR) is 57.4 cm³/mol. The molecule has 0 aliphatic carbocycles. The Labute approximate surface area is 92.2 Å². The third kappa shape index (κ3) is 2.03. The van der Waals surface area contributed by atoms with E-state index >= 15 is 0 Å². The number of anilines is 1. The lowest BCUT2D eigenvalue weighted by atomic mass is 10.3. The van der Waals surface area contributed by atoms with Crippen molar-refractivity contribution in [1.29, 1.82) is 0 Å². The standard InChI is InChI=1S/C9H13N5O2/c10-8(13-16)7-1-3-11-9(12-7)14-4-2-6(15)5-14/h1,3,6,15-16H,2,4-5H2,(H2,10,13). The van der Waals surface area contributed by atoms with Crippen LogP contribution in [0.4, 0.5) is 5.95 Å². The Morgan fingerprint density at radius 1 is 1.62 bits per heavy atom. The van der Waals surface area contributed by atoms with Crippen LogP contribution >= 0.6 is 0 Å². The summed E-state index contributed by atoms with van der Waals surface area (Å²) in [5.74, 6) is 0.434. The summed E-state index contributed by atoms with van der Waals surface area (Å²) in [4.78, 5) is 10.1. The van der Waals surface area contributed by atoms with Crippen molar-refractivity contribution in [2.24, 2.45) is 10.9 Å². The van der Waals surface area contributed by atoms with Gasteiger partial charge in [-0.2, -0.15) is 0 Å². The molecule has 1 aromatic heterocycles. The van der Waals surface area contributed by atoms with E-state index in [0.29, 0.717) is 31.2 Å². The minimum Gasteiger partial charge on any atom is -0.409 e. The molecule has 7 nitrogen and oxygen atoms in total. The van der Waals surface area contributed by atoms with Gasteiger partial charge in [-0.1, -0.05) is 5.16 Å². The normalized spacial score (nSPS) is 21.4. The third-order valence-corrected chi connectivity index (χ3v) is 2.46. The Morgan fingerprint density at radius 2 is 2.44 bits per heavy atom. The minimum atomic E-state index is -0.337. The Morgan fingerprint density at radius 3 is 3.06 bits per heavy atom. The minimum absolute atomic E-state index is 0.0524. The van der Waals surface area contributed by atoms with Gasteiger partial charge in [-0.05, 0) is 12.5 Å². The van der Waals surface area contributed by atoms with E-state index in [1.165, 1.54) is 0 Å². The van der Waals surface area contributed by atoms with Crippen LogP contribution in [0.25, 0.3) is 0 Å². The topological polar surface area (TPSA) is 108 Å². The molecule has 0 saturated carbocycles. The average molecular weight is 223 g/mol. The highest BCUT2D eigenvalue weighted by atomic mass is 16.4. The van der Waals surface area contributed by atoms with Gasteiger partial charge < -0.3 is 20.9 Å². The first-order chi connectivity index (χ1) is 7.70. The summed E-state index contributed by atoms with van der Waals surface area (Å²) in [6.07, 6.45) is 1.91. The predicted octanol–water partition coefficient (Wildman–Crippen LogP) is -0.858. The fraction of sp³-hybridized carbons (Fsp3) is 0.444. The summed E-state index contributed by atoms with van der Waals surface area (Å²) in [6.45, 7) is 1.22. The molecule has 2 heterocycles. The monoisotopic (exact) mass is 223 g/mol. The first-order valence-corrected chi connectivity index (χ1v) is 4.94. The molecule has 1 fully saturated rings. The molecule has 86 valence electrons. The van der Waals surface area contributed by atoms with Gasteiger partial charge in [-0.25, -0.2) is 9.97 Å². The Bertz CT molecular complexity index is 409. The first-order valence-electron chi connectivity index (χ1n) is 4.94.